The second-order valence-corrected chi connectivity index (χ2v) is 9.10. The molecular weight excluding hydrogens is 376 g/mol. The molecule has 0 atom stereocenters. The van der Waals surface area contributed by atoms with Crippen molar-refractivity contribution in [1.82, 2.24) is 14.8 Å². The number of carbonyl (C=O) groups excluding carboxylic acids is 1. The fourth-order valence-corrected chi connectivity index (χ4v) is 3.74. The molecule has 1 saturated heterocycles. The summed E-state index contributed by atoms with van der Waals surface area (Å²) in [6.07, 6.45) is 0. The highest BCUT2D eigenvalue weighted by molar-refractivity contribution is 5.89. The predicted octanol–water partition coefficient (Wildman–Crippen LogP) is 4.78. The molecule has 0 bridgehead atoms. The molecule has 2 heterocycles. The molecular formula is C24H30N4O2. The molecule has 1 fully saturated rings. The SMILES string of the molecule is Cc1cccc(NC(=O)N2CCN(Cc3nc4cc(C(C)(C)C)ccc4o3)CC2)c1. The lowest BCUT2D eigenvalue weighted by molar-refractivity contribution is 0.136. The van der Waals surface area contributed by atoms with Gasteiger partial charge in [-0.15, -0.1) is 0 Å². The maximum atomic E-state index is 12.5. The topological polar surface area (TPSA) is 61.6 Å². The van der Waals surface area contributed by atoms with Gasteiger partial charge in [0.05, 0.1) is 6.54 Å². The van der Waals surface area contributed by atoms with Crippen LogP contribution in [-0.2, 0) is 12.0 Å². The minimum absolute atomic E-state index is 0.0446. The highest BCUT2D eigenvalue weighted by Crippen LogP contribution is 2.26. The van der Waals surface area contributed by atoms with Crippen LogP contribution in [0.3, 0.4) is 0 Å². The summed E-state index contributed by atoms with van der Waals surface area (Å²) in [7, 11) is 0. The first-order valence-corrected chi connectivity index (χ1v) is 10.5. The molecule has 0 aliphatic carbocycles. The summed E-state index contributed by atoms with van der Waals surface area (Å²) >= 11 is 0. The van der Waals surface area contributed by atoms with Gasteiger partial charge in [-0.25, -0.2) is 9.78 Å². The van der Waals surface area contributed by atoms with Gasteiger partial charge in [-0.3, -0.25) is 4.90 Å². The third-order valence-electron chi connectivity index (χ3n) is 5.59. The summed E-state index contributed by atoms with van der Waals surface area (Å²) < 4.78 is 5.96. The number of nitrogens with zero attached hydrogens (tertiary/aromatic N) is 3. The number of aromatic nitrogens is 1. The molecule has 30 heavy (non-hydrogen) atoms. The standard InChI is InChI=1S/C24H30N4O2/c1-17-6-5-7-19(14-17)25-23(29)28-12-10-27(11-13-28)16-22-26-20-15-18(24(2,3)4)8-9-21(20)30-22/h5-9,14-15H,10-13,16H2,1-4H3,(H,25,29). The van der Waals surface area contributed by atoms with Crippen LogP contribution in [-0.4, -0.2) is 47.0 Å². The molecule has 2 aromatic carbocycles. The fourth-order valence-electron chi connectivity index (χ4n) is 3.74. The summed E-state index contributed by atoms with van der Waals surface area (Å²) in [5.41, 5.74) is 5.04. The van der Waals surface area contributed by atoms with E-state index in [-0.39, 0.29) is 11.4 Å². The van der Waals surface area contributed by atoms with Gasteiger partial charge < -0.3 is 14.6 Å². The Kier molecular flexibility index (Phi) is 5.52. The van der Waals surface area contributed by atoms with Crippen molar-refractivity contribution in [3.05, 3.63) is 59.5 Å². The van der Waals surface area contributed by atoms with Crippen LogP contribution >= 0.6 is 0 Å². The monoisotopic (exact) mass is 406 g/mol. The quantitative estimate of drug-likeness (QED) is 0.680. The molecule has 158 valence electrons. The van der Waals surface area contributed by atoms with Crippen molar-refractivity contribution in [3.63, 3.8) is 0 Å². The summed E-state index contributed by atoms with van der Waals surface area (Å²) in [5.74, 6) is 0.730. The van der Waals surface area contributed by atoms with Crippen LogP contribution in [0.25, 0.3) is 11.1 Å². The number of amides is 2. The Morgan fingerprint density at radius 2 is 1.87 bits per heavy atom. The second kappa shape index (κ2) is 8.11. The molecule has 4 rings (SSSR count). The number of piperazine rings is 1. The van der Waals surface area contributed by atoms with E-state index in [0.29, 0.717) is 19.6 Å². The maximum absolute atomic E-state index is 12.5. The molecule has 1 N–H and O–H groups in total. The van der Waals surface area contributed by atoms with Gasteiger partial charge in [0.2, 0.25) is 5.89 Å². The lowest BCUT2D eigenvalue weighted by atomic mass is 9.87. The lowest BCUT2D eigenvalue weighted by Crippen LogP contribution is -2.49. The molecule has 1 aliphatic rings. The van der Waals surface area contributed by atoms with Crippen molar-refractivity contribution in [2.45, 2.75) is 39.7 Å². The normalized spacial score (nSPS) is 15.5. The van der Waals surface area contributed by atoms with E-state index < -0.39 is 0 Å². The number of rotatable bonds is 3. The Bertz CT molecular complexity index is 1040. The molecule has 3 aromatic rings. The van der Waals surface area contributed by atoms with Gasteiger partial charge in [-0.05, 0) is 47.7 Å². The number of carbonyl (C=O) groups is 1. The first-order chi connectivity index (χ1) is 14.3. The first kappa shape index (κ1) is 20.4. The molecule has 6 nitrogen and oxygen atoms in total. The lowest BCUT2D eigenvalue weighted by Gasteiger charge is -2.34. The zero-order chi connectivity index (χ0) is 21.3. The van der Waals surface area contributed by atoms with Gasteiger partial charge in [-0.2, -0.15) is 0 Å². The van der Waals surface area contributed by atoms with E-state index in [0.717, 1.165) is 41.3 Å². The fraction of sp³-hybridized carbons (Fsp3) is 0.417. The average Bonchev–Trinajstić information content (AvgIpc) is 3.09. The van der Waals surface area contributed by atoms with Crippen LogP contribution in [0.4, 0.5) is 10.5 Å². The number of urea groups is 1. The summed E-state index contributed by atoms with van der Waals surface area (Å²) in [6, 6.07) is 14.1. The molecule has 0 unspecified atom stereocenters. The smallest absolute Gasteiger partial charge is 0.321 e. The molecule has 1 aromatic heterocycles. The molecule has 2 amide bonds. The number of fused-ring (bicyclic) bond motifs is 1. The maximum Gasteiger partial charge on any atom is 0.321 e. The van der Waals surface area contributed by atoms with Gasteiger partial charge in [0.25, 0.3) is 0 Å². The minimum atomic E-state index is -0.0446. The number of hydrogen-bond donors (Lipinski definition) is 1. The van der Waals surface area contributed by atoms with Gasteiger partial charge in [0, 0.05) is 31.9 Å². The Balaban J connectivity index is 1.34. The van der Waals surface area contributed by atoms with Gasteiger partial charge in [0.15, 0.2) is 5.58 Å². The Morgan fingerprint density at radius 1 is 1.10 bits per heavy atom. The van der Waals surface area contributed by atoms with Crippen molar-refractivity contribution in [2.24, 2.45) is 0 Å². The van der Waals surface area contributed by atoms with E-state index in [4.69, 9.17) is 9.40 Å². The van der Waals surface area contributed by atoms with Crippen LogP contribution in [0.2, 0.25) is 0 Å². The van der Waals surface area contributed by atoms with E-state index in [1.54, 1.807) is 0 Å². The van der Waals surface area contributed by atoms with Gasteiger partial charge in [-0.1, -0.05) is 39.0 Å². The van der Waals surface area contributed by atoms with Crippen molar-refractivity contribution >= 4 is 22.8 Å². The Morgan fingerprint density at radius 3 is 2.57 bits per heavy atom. The Hall–Kier alpha value is -2.86. The number of hydrogen-bond acceptors (Lipinski definition) is 4. The van der Waals surface area contributed by atoms with Crippen molar-refractivity contribution in [3.8, 4) is 0 Å². The van der Waals surface area contributed by atoms with E-state index in [1.807, 2.05) is 42.2 Å². The van der Waals surface area contributed by atoms with E-state index in [9.17, 15) is 4.79 Å². The largest absolute Gasteiger partial charge is 0.439 e. The zero-order valence-corrected chi connectivity index (χ0v) is 18.2. The van der Waals surface area contributed by atoms with Crippen LogP contribution < -0.4 is 5.32 Å². The molecule has 6 heteroatoms. The predicted molar refractivity (Wildman–Crippen MR) is 120 cm³/mol. The van der Waals surface area contributed by atoms with Gasteiger partial charge in [0.1, 0.15) is 5.52 Å². The third kappa shape index (κ3) is 4.65. The van der Waals surface area contributed by atoms with E-state index >= 15 is 0 Å². The summed E-state index contributed by atoms with van der Waals surface area (Å²) in [4.78, 5) is 21.4. The number of benzene rings is 2. The number of anilines is 1. The van der Waals surface area contributed by atoms with Crippen molar-refractivity contribution < 1.29 is 9.21 Å². The first-order valence-electron chi connectivity index (χ1n) is 10.5. The number of nitrogens with one attached hydrogen (secondary N) is 1. The molecule has 1 aliphatic heterocycles. The number of oxazole rings is 1. The van der Waals surface area contributed by atoms with Crippen LogP contribution in [0.15, 0.2) is 46.9 Å². The highest BCUT2D eigenvalue weighted by atomic mass is 16.3. The minimum Gasteiger partial charge on any atom is -0.439 e. The summed E-state index contributed by atoms with van der Waals surface area (Å²) in [6.45, 7) is 12.2. The molecule has 0 saturated carbocycles. The average molecular weight is 407 g/mol. The van der Waals surface area contributed by atoms with Crippen molar-refractivity contribution in [2.75, 3.05) is 31.5 Å². The van der Waals surface area contributed by atoms with E-state index in [1.165, 1.54) is 5.56 Å². The molecule has 0 spiro atoms. The molecule has 0 radical (unpaired) electrons. The second-order valence-electron chi connectivity index (χ2n) is 9.10. The summed E-state index contributed by atoms with van der Waals surface area (Å²) in [5, 5.41) is 2.99. The van der Waals surface area contributed by atoms with Gasteiger partial charge >= 0.3 is 6.03 Å². The van der Waals surface area contributed by atoms with Crippen LogP contribution in [0, 0.1) is 6.92 Å². The number of aryl methyl sites for hydroxylation is 1. The third-order valence-corrected chi connectivity index (χ3v) is 5.59. The van der Waals surface area contributed by atoms with E-state index in [2.05, 4.69) is 43.1 Å². The zero-order valence-electron chi connectivity index (χ0n) is 18.2. The van der Waals surface area contributed by atoms with Crippen LogP contribution in [0.5, 0.6) is 0 Å². The van der Waals surface area contributed by atoms with Crippen LogP contribution in [0.1, 0.15) is 37.8 Å². The van der Waals surface area contributed by atoms with Crippen molar-refractivity contribution in [1.29, 1.82) is 0 Å². The highest BCUT2D eigenvalue weighted by Gasteiger charge is 2.23. The Labute approximate surface area is 177 Å².